The lowest BCUT2D eigenvalue weighted by Gasteiger charge is -2.27. The van der Waals surface area contributed by atoms with Crippen molar-refractivity contribution in [3.63, 3.8) is 0 Å². The summed E-state index contributed by atoms with van der Waals surface area (Å²) >= 11 is 0. The van der Waals surface area contributed by atoms with Crippen molar-refractivity contribution >= 4 is 11.9 Å². The first kappa shape index (κ1) is 64.9. The fraction of sp³-hybridized carbons (Fsp3) is 0.912. The van der Waals surface area contributed by atoms with Crippen LogP contribution in [0.1, 0.15) is 258 Å². The molecule has 12 heteroatoms. The van der Waals surface area contributed by atoms with Gasteiger partial charge in [0.1, 0.15) is 11.9 Å². The summed E-state index contributed by atoms with van der Waals surface area (Å²) in [4.78, 5) is 38.6. The Morgan fingerprint density at radius 3 is 1.29 bits per heavy atom. The summed E-state index contributed by atoms with van der Waals surface area (Å²) in [7, 11) is 0. The number of aliphatic hydroxyl groups excluding tert-OH is 4. The average molecular weight is 979 g/mol. The number of hydrogen-bond acceptors (Lipinski definition) is 10. The summed E-state index contributed by atoms with van der Waals surface area (Å²) in [5.41, 5.74) is 0. The molecule has 5 atom stereocenters. The third-order valence-electron chi connectivity index (χ3n) is 13.8. The smallest absolute Gasteiger partial charge is 0.328 e. The average Bonchev–Trinajstić information content (AvgIpc) is 3.85. The highest BCUT2D eigenvalue weighted by atomic mass is 16.5. The molecule has 0 aliphatic heterocycles. The van der Waals surface area contributed by atoms with Crippen LogP contribution in [0.3, 0.4) is 0 Å². The van der Waals surface area contributed by atoms with Crippen molar-refractivity contribution in [1.29, 1.82) is 0 Å². The van der Waals surface area contributed by atoms with Crippen LogP contribution in [0.2, 0.25) is 0 Å². The molecule has 1 aromatic rings. The number of imidazole rings is 1. The number of carbonyl (C=O) groups is 2. The van der Waals surface area contributed by atoms with E-state index in [9.17, 15) is 30.0 Å². The lowest BCUT2D eigenvalue weighted by Crippen LogP contribution is -2.42. The number of nitrogens with one attached hydrogen (secondary N) is 2. The van der Waals surface area contributed by atoms with Crippen LogP contribution in [0.25, 0.3) is 0 Å². The Morgan fingerprint density at radius 1 is 0.522 bits per heavy atom. The Kier molecular flexibility index (Phi) is 44.2. The Labute approximate surface area is 423 Å². The molecule has 12 nitrogen and oxygen atoms in total. The van der Waals surface area contributed by atoms with Crippen LogP contribution < -0.4 is 5.32 Å². The molecular formula is C57H111N5O7. The van der Waals surface area contributed by atoms with Crippen LogP contribution in [0.4, 0.5) is 0 Å². The summed E-state index contributed by atoms with van der Waals surface area (Å²) < 4.78 is 5.78. The van der Waals surface area contributed by atoms with Gasteiger partial charge in [0.2, 0.25) is 5.91 Å². The molecule has 0 aromatic carbocycles. The van der Waals surface area contributed by atoms with E-state index >= 15 is 0 Å². The predicted molar refractivity (Wildman–Crippen MR) is 286 cm³/mol. The first-order chi connectivity index (χ1) is 33.6. The summed E-state index contributed by atoms with van der Waals surface area (Å²) in [5.74, 6) is 0.134. The van der Waals surface area contributed by atoms with E-state index in [4.69, 9.17) is 4.74 Å². The van der Waals surface area contributed by atoms with Crippen molar-refractivity contribution < 1.29 is 34.8 Å². The van der Waals surface area contributed by atoms with E-state index in [0.717, 1.165) is 109 Å². The zero-order chi connectivity index (χ0) is 50.4. The Hall–Kier alpha value is -2.09. The number of unbranched alkanes of at least 4 members (excludes halogenated alkanes) is 23. The van der Waals surface area contributed by atoms with Gasteiger partial charge in [0, 0.05) is 51.4 Å². The largest absolute Gasteiger partial charge is 0.464 e. The lowest BCUT2D eigenvalue weighted by molar-refractivity contribution is -0.148. The quantitative estimate of drug-likeness (QED) is 0.0273. The molecule has 69 heavy (non-hydrogen) atoms. The van der Waals surface area contributed by atoms with Gasteiger partial charge in [0.15, 0.2) is 0 Å². The van der Waals surface area contributed by atoms with Crippen LogP contribution in [0.15, 0.2) is 12.4 Å². The van der Waals surface area contributed by atoms with Gasteiger partial charge in [-0.2, -0.15) is 0 Å². The van der Waals surface area contributed by atoms with E-state index in [1.807, 2.05) is 0 Å². The standard InChI is InChI=1S/C57H111N5O7/c1-5-9-13-17-21-26-34-50(63)46-61(47-51(64)35-27-22-18-14-10-6-2)43-31-25-30-38-56(67)60-54(39-40-55-58-41-42-59-55)57(68)69-45-33-32-44-62(48-52(65)36-28-23-19-15-11-7-3)49-53(66)37-29-24-20-16-12-8-4/h41-42,50-54,63-66H,5-40,43-49H2,1-4H3,(H,58,59)(H,60,67). The van der Waals surface area contributed by atoms with E-state index in [1.165, 1.54) is 103 Å². The van der Waals surface area contributed by atoms with Gasteiger partial charge in [-0.05, 0) is 70.9 Å². The topological polar surface area (TPSA) is 171 Å². The number of carbonyl (C=O) groups excluding carboxylic acids is 2. The molecule has 0 saturated heterocycles. The van der Waals surface area contributed by atoms with Crippen molar-refractivity contribution in [2.24, 2.45) is 0 Å². The zero-order valence-corrected chi connectivity index (χ0v) is 45.3. The van der Waals surface area contributed by atoms with E-state index in [-0.39, 0.29) is 12.5 Å². The minimum atomic E-state index is -0.787. The second-order valence-electron chi connectivity index (χ2n) is 20.7. The van der Waals surface area contributed by atoms with E-state index in [0.29, 0.717) is 64.8 Å². The fourth-order valence-corrected chi connectivity index (χ4v) is 9.45. The number of hydrogen-bond donors (Lipinski definition) is 6. The molecule has 0 spiro atoms. The van der Waals surface area contributed by atoms with Crippen molar-refractivity contribution in [3.8, 4) is 0 Å². The lowest BCUT2D eigenvalue weighted by atomic mass is 10.1. The van der Waals surface area contributed by atoms with Gasteiger partial charge in [0.05, 0.1) is 31.0 Å². The minimum absolute atomic E-state index is 0.174. The SMILES string of the molecule is CCCCCCCCC(O)CN(CCCCCC(=O)NC(CCc1ncc[nH]1)C(=O)OCCCCN(CC(O)CCCCCCCC)CC(O)CCCCCCCC)CC(O)CCCCCCCC. The molecule has 1 heterocycles. The van der Waals surface area contributed by atoms with Crippen molar-refractivity contribution in [1.82, 2.24) is 25.1 Å². The summed E-state index contributed by atoms with van der Waals surface area (Å²) in [6, 6.07) is -0.787. The summed E-state index contributed by atoms with van der Waals surface area (Å²) in [6.07, 6.45) is 38.4. The number of nitrogens with zero attached hydrogens (tertiary/aromatic N) is 3. The fourth-order valence-electron chi connectivity index (χ4n) is 9.45. The molecular weight excluding hydrogens is 867 g/mol. The van der Waals surface area contributed by atoms with Gasteiger partial charge in [-0.1, -0.05) is 188 Å². The number of amides is 1. The first-order valence-corrected chi connectivity index (χ1v) is 29.2. The molecule has 6 N–H and O–H groups in total. The summed E-state index contributed by atoms with van der Waals surface area (Å²) in [5, 5.41) is 46.8. The number of esters is 1. The highest BCUT2D eigenvalue weighted by Gasteiger charge is 2.23. The summed E-state index contributed by atoms with van der Waals surface area (Å²) in [6.45, 7) is 12.8. The molecule has 1 rings (SSSR count). The second-order valence-corrected chi connectivity index (χ2v) is 20.7. The molecule has 0 aliphatic carbocycles. The van der Waals surface area contributed by atoms with Crippen molar-refractivity contribution in [2.75, 3.05) is 45.9 Å². The maximum Gasteiger partial charge on any atom is 0.328 e. The van der Waals surface area contributed by atoms with E-state index in [2.05, 4.69) is 52.8 Å². The molecule has 0 radical (unpaired) electrons. The van der Waals surface area contributed by atoms with Crippen LogP contribution >= 0.6 is 0 Å². The molecule has 5 unspecified atom stereocenters. The Balaban J connectivity index is 2.69. The second kappa shape index (κ2) is 46.9. The maximum atomic E-state index is 13.5. The number of aliphatic hydroxyl groups is 4. The van der Waals surface area contributed by atoms with Gasteiger partial charge in [-0.3, -0.25) is 14.6 Å². The molecule has 0 bridgehead atoms. The van der Waals surface area contributed by atoms with Gasteiger partial charge in [0.25, 0.3) is 0 Å². The van der Waals surface area contributed by atoms with Crippen LogP contribution in [0.5, 0.6) is 0 Å². The predicted octanol–water partition coefficient (Wildman–Crippen LogP) is 11.8. The Bertz CT molecular complexity index is 1210. The van der Waals surface area contributed by atoms with Crippen molar-refractivity contribution in [2.45, 2.75) is 289 Å². The molecule has 1 aromatic heterocycles. The zero-order valence-electron chi connectivity index (χ0n) is 45.3. The number of rotatable bonds is 52. The molecule has 0 saturated carbocycles. The van der Waals surface area contributed by atoms with Gasteiger partial charge in [-0.25, -0.2) is 9.78 Å². The Morgan fingerprint density at radius 2 is 0.899 bits per heavy atom. The van der Waals surface area contributed by atoms with Crippen molar-refractivity contribution in [3.05, 3.63) is 18.2 Å². The third-order valence-corrected chi connectivity index (χ3v) is 13.8. The number of aromatic nitrogens is 2. The normalized spacial score (nSPS) is 14.1. The van der Waals surface area contributed by atoms with Crippen LogP contribution in [0, 0.1) is 0 Å². The van der Waals surface area contributed by atoms with E-state index in [1.54, 1.807) is 12.4 Å². The van der Waals surface area contributed by atoms with E-state index < -0.39 is 36.4 Å². The number of aryl methyl sites for hydroxylation is 1. The number of H-pyrrole nitrogens is 1. The van der Waals surface area contributed by atoms with Gasteiger partial charge in [-0.15, -0.1) is 0 Å². The maximum absolute atomic E-state index is 13.5. The highest BCUT2D eigenvalue weighted by Crippen LogP contribution is 2.16. The van der Waals surface area contributed by atoms with Crippen LogP contribution in [-0.2, 0) is 20.7 Å². The number of ether oxygens (including phenoxy) is 1. The van der Waals surface area contributed by atoms with Crippen LogP contribution in [-0.4, -0.2) is 128 Å². The third kappa shape index (κ3) is 40.1. The molecule has 1 amide bonds. The highest BCUT2D eigenvalue weighted by molar-refractivity contribution is 5.84. The molecule has 406 valence electrons. The minimum Gasteiger partial charge on any atom is -0.464 e. The molecule has 0 fully saturated rings. The monoisotopic (exact) mass is 978 g/mol. The van der Waals surface area contributed by atoms with Gasteiger partial charge < -0.3 is 35.5 Å². The molecule has 0 aliphatic rings. The number of aromatic amines is 1. The van der Waals surface area contributed by atoms with Gasteiger partial charge >= 0.3 is 5.97 Å². The first-order valence-electron chi connectivity index (χ1n) is 29.2.